The van der Waals surface area contributed by atoms with E-state index in [-0.39, 0.29) is 12.0 Å². The Morgan fingerprint density at radius 2 is 2.33 bits per heavy atom. The van der Waals surface area contributed by atoms with Gasteiger partial charge in [0.25, 0.3) is 0 Å². The number of hydrogen-bond acceptors (Lipinski definition) is 3. The lowest BCUT2D eigenvalue weighted by molar-refractivity contribution is -0.135. The summed E-state index contributed by atoms with van der Waals surface area (Å²) < 4.78 is 0. The van der Waals surface area contributed by atoms with E-state index in [0.29, 0.717) is 18.9 Å². The van der Waals surface area contributed by atoms with Crippen LogP contribution >= 0.6 is 0 Å². The van der Waals surface area contributed by atoms with E-state index in [0.717, 1.165) is 25.9 Å². The van der Waals surface area contributed by atoms with Crippen molar-refractivity contribution < 1.29 is 9.90 Å². The lowest BCUT2D eigenvalue weighted by Gasteiger charge is -2.34. The Kier molecular flexibility index (Phi) is 5.05. The van der Waals surface area contributed by atoms with Crippen LogP contribution in [0.25, 0.3) is 0 Å². The molecule has 2 N–H and O–H groups in total. The molecule has 88 valence electrons. The number of aliphatic hydroxyl groups is 1. The average Bonchev–Trinajstić information content (AvgIpc) is 2.22. The van der Waals surface area contributed by atoms with E-state index in [1.54, 1.807) is 4.90 Å². The van der Waals surface area contributed by atoms with E-state index >= 15 is 0 Å². The summed E-state index contributed by atoms with van der Waals surface area (Å²) in [4.78, 5) is 13.5. The predicted octanol–water partition coefficient (Wildman–Crippen LogP) is 0.215. The quantitative estimate of drug-likeness (QED) is 0.658. The first-order chi connectivity index (χ1) is 7.15. The number of likely N-dealkylation sites (tertiary alicyclic amines) is 1. The lowest BCUT2D eigenvalue weighted by atomic mass is 9.96. The smallest absolute Gasteiger partial charge is 0.222 e. The molecule has 0 aromatic rings. The largest absolute Gasteiger partial charge is 0.391 e. The molecule has 0 aromatic heterocycles. The first-order valence-corrected chi connectivity index (χ1v) is 5.75. The van der Waals surface area contributed by atoms with Crippen LogP contribution in [0.15, 0.2) is 0 Å². The number of piperidine rings is 1. The molecule has 1 saturated heterocycles. The molecule has 1 fully saturated rings. The van der Waals surface area contributed by atoms with Gasteiger partial charge in [-0.05, 0) is 32.4 Å². The SMILES string of the molecule is CNCCCC(=O)N1CCC(C)C(O)C1. The second-order valence-corrected chi connectivity index (χ2v) is 4.38. The number of nitrogens with one attached hydrogen (secondary N) is 1. The maximum absolute atomic E-state index is 11.7. The zero-order valence-electron chi connectivity index (χ0n) is 9.70. The molecule has 0 bridgehead atoms. The summed E-state index contributed by atoms with van der Waals surface area (Å²) in [5.41, 5.74) is 0. The predicted molar refractivity (Wildman–Crippen MR) is 59.5 cm³/mol. The number of β-amino-alcohol motifs (C(OH)–C–C–N with tert-alkyl or cyclic N) is 1. The van der Waals surface area contributed by atoms with E-state index in [1.165, 1.54) is 0 Å². The Balaban J connectivity index is 2.28. The summed E-state index contributed by atoms with van der Waals surface area (Å²) in [5, 5.41) is 12.7. The zero-order chi connectivity index (χ0) is 11.3. The Bertz CT molecular complexity index is 209. The van der Waals surface area contributed by atoms with Crippen molar-refractivity contribution in [2.24, 2.45) is 5.92 Å². The van der Waals surface area contributed by atoms with Crippen molar-refractivity contribution in [1.29, 1.82) is 0 Å². The van der Waals surface area contributed by atoms with E-state index in [2.05, 4.69) is 5.32 Å². The number of nitrogens with zero attached hydrogens (tertiary/aromatic N) is 1. The first-order valence-electron chi connectivity index (χ1n) is 5.75. The van der Waals surface area contributed by atoms with Gasteiger partial charge in [-0.15, -0.1) is 0 Å². The fraction of sp³-hybridized carbons (Fsp3) is 0.909. The van der Waals surface area contributed by atoms with E-state index in [4.69, 9.17) is 0 Å². The van der Waals surface area contributed by atoms with Gasteiger partial charge in [-0.3, -0.25) is 4.79 Å². The van der Waals surface area contributed by atoms with Crippen molar-refractivity contribution in [3.8, 4) is 0 Å². The van der Waals surface area contributed by atoms with Crippen molar-refractivity contribution in [2.75, 3.05) is 26.7 Å². The molecule has 4 heteroatoms. The number of amides is 1. The highest BCUT2D eigenvalue weighted by molar-refractivity contribution is 5.76. The standard InChI is InChI=1S/C11H22N2O2/c1-9-5-7-13(8-10(9)14)11(15)4-3-6-12-2/h9-10,12,14H,3-8H2,1-2H3. The molecule has 2 atom stereocenters. The van der Waals surface area contributed by atoms with Crippen molar-refractivity contribution in [1.82, 2.24) is 10.2 Å². The van der Waals surface area contributed by atoms with Gasteiger partial charge in [-0.25, -0.2) is 0 Å². The van der Waals surface area contributed by atoms with Crippen LogP contribution in [-0.4, -0.2) is 48.7 Å². The molecule has 0 saturated carbocycles. The van der Waals surface area contributed by atoms with Crippen LogP contribution in [0.4, 0.5) is 0 Å². The summed E-state index contributed by atoms with van der Waals surface area (Å²) in [6.07, 6.45) is 2.03. The summed E-state index contributed by atoms with van der Waals surface area (Å²) >= 11 is 0. The molecule has 1 rings (SSSR count). The molecule has 1 aliphatic rings. The molecule has 2 unspecified atom stereocenters. The topological polar surface area (TPSA) is 52.6 Å². The minimum absolute atomic E-state index is 0.177. The Hall–Kier alpha value is -0.610. The van der Waals surface area contributed by atoms with Gasteiger partial charge in [0.1, 0.15) is 0 Å². The second-order valence-electron chi connectivity index (χ2n) is 4.38. The van der Waals surface area contributed by atoms with Gasteiger partial charge in [0, 0.05) is 19.5 Å². The molecule has 0 aliphatic carbocycles. The third kappa shape index (κ3) is 3.80. The summed E-state index contributed by atoms with van der Waals surface area (Å²) in [6.45, 7) is 4.22. The molecule has 15 heavy (non-hydrogen) atoms. The normalized spacial score (nSPS) is 26.7. The van der Waals surface area contributed by atoms with Gasteiger partial charge >= 0.3 is 0 Å². The highest BCUT2D eigenvalue weighted by atomic mass is 16.3. The molecule has 1 aliphatic heterocycles. The van der Waals surface area contributed by atoms with E-state index in [9.17, 15) is 9.90 Å². The molecular weight excluding hydrogens is 192 g/mol. The van der Waals surface area contributed by atoms with Crippen LogP contribution in [0, 0.1) is 5.92 Å². The van der Waals surface area contributed by atoms with Gasteiger partial charge in [-0.1, -0.05) is 6.92 Å². The van der Waals surface area contributed by atoms with Crippen LogP contribution in [0.5, 0.6) is 0 Å². The Labute approximate surface area is 91.6 Å². The highest BCUT2D eigenvalue weighted by Gasteiger charge is 2.26. The first kappa shape index (κ1) is 12.5. The molecule has 0 aromatic carbocycles. The fourth-order valence-corrected chi connectivity index (χ4v) is 1.85. The number of carbonyl (C=O) groups is 1. The Morgan fingerprint density at radius 3 is 2.93 bits per heavy atom. The maximum Gasteiger partial charge on any atom is 0.222 e. The van der Waals surface area contributed by atoms with Crippen LogP contribution < -0.4 is 5.32 Å². The minimum atomic E-state index is -0.341. The van der Waals surface area contributed by atoms with Crippen LogP contribution in [-0.2, 0) is 4.79 Å². The molecule has 4 nitrogen and oxygen atoms in total. The zero-order valence-corrected chi connectivity index (χ0v) is 9.70. The molecule has 1 amide bonds. The average molecular weight is 214 g/mol. The number of rotatable bonds is 4. The van der Waals surface area contributed by atoms with Gasteiger partial charge in [-0.2, -0.15) is 0 Å². The van der Waals surface area contributed by atoms with Gasteiger partial charge in [0.15, 0.2) is 0 Å². The van der Waals surface area contributed by atoms with Crippen LogP contribution in [0.3, 0.4) is 0 Å². The van der Waals surface area contributed by atoms with Crippen LogP contribution in [0.1, 0.15) is 26.2 Å². The summed E-state index contributed by atoms with van der Waals surface area (Å²) in [5.74, 6) is 0.502. The third-order valence-corrected chi connectivity index (χ3v) is 3.09. The summed E-state index contributed by atoms with van der Waals surface area (Å²) in [6, 6.07) is 0. The monoisotopic (exact) mass is 214 g/mol. The van der Waals surface area contributed by atoms with E-state index in [1.807, 2.05) is 14.0 Å². The van der Waals surface area contributed by atoms with Gasteiger partial charge in [0.05, 0.1) is 6.10 Å². The van der Waals surface area contributed by atoms with E-state index < -0.39 is 0 Å². The fourth-order valence-electron chi connectivity index (χ4n) is 1.85. The number of carbonyl (C=O) groups excluding carboxylic acids is 1. The number of hydrogen-bond donors (Lipinski definition) is 2. The number of aliphatic hydroxyl groups excluding tert-OH is 1. The summed E-state index contributed by atoms with van der Waals surface area (Å²) in [7, 11) is 1.89. The molecule has 1 heterocycles. The molecule has 0 radical (unpaired) electrons. The lowest BCUT2D eigenvalue weighted by Crippen LogP contribution is -2.45. The second kappa shape index (κ2) is 6.08. The molecular formula is C11H22N2O2. The van der Waals surface area contributed by atoms with Crippen molar-refractivity contribution in [2.45, 2.75) is 32.3 Å². The van der Waals surface area contributed by atoms with Crippen molar-refractivity contribution >= 4 is 5.91 Å². The van der Waals surface area contributed by atoms with Crippen LogP contribution in [0.2, 0.25) is 0 Å². The Morgan fingerprint density at radius 1 is 1.60 bits per heavy atom. The highest BCUT2D eigenvalue weighted by Crippen LogP contribution is 2.17. The van der Waals surface area contributed by atoms with Gasteiger partial charge in [0.2, 0.25) is 5.91 Å². The van der Waals surface area contributed by atoms with Crippen molar-refractivity contribution in [3.05, 3.63) is 0 Å². The van der Waals surface area contributed by atoms with Crippen molar-refractivity contribution in [3.63, 3.8) is 0 Å². The maximum atomic E-state index is 11.7. The molecule has 0 spiro atoms. The minimum Gasteiger partial charge on any atom is -0.391 e. The third-order valence-electron chi connectivity index (χ3n) is 3.09. The van der Waals surface area contributed by atoms with Gasteiger partial charge < -0.3 is 15.3 Å².